The average molecular weight is 328 g/mol. The number of rotatable bonds is 4. The molecule has 0 saturated carbocycles. The van der Waals surface area contributed by atoms with E-state index in [1.165, 1.54) is 6.33 Å². The molecule has 1 aromatic carbocycles. The van der Waals surface area contributed by atoms with Crippen LogP contribution in [0.3, 0.4) is 0 Å². The van der Waals surface area contributed by atoms with Crippen molar-refractivity contribution in [3.8, 4) is 5.75 Å². The SMILES string of the molecule is CNC(=O)c1ccc(Nc2ncnc3scc(C)c23)c(OC)c1. The van der Waals surface area contributed by atoms with Gasteiger partial charge in [0.05, 0.1) is 18.2 Å². The molecule has 118 valence electrons. The Labute approximate surface area is 137 Å². The van der Waals surface area contributed by atoms with Gasteiger partial charge in [0.1, 0.15) is 22.7 Å². The van der Waals surface area contributed by atoms with Crippen molar-refractivity contribution in [2.24, 2.45) is 0 Å². The number of nitrogens with one attached hydrogen (secondary N) is 2. The van der Waals surface area contributed by atoms with E-state index in [0.29, 0.717) is 11.3 Å². The molecule has 3 aromatic rings. The van der Waals surface area contributed by atoms with Gasteiger partial charge in [0.15, 0.2) is 0 Å². The third-order valence-electron chi connectivity index (χ3n) is 3.50. The summed E-state index contributed by atoms with van der Waals surface area (Å²) < 4.78 is 5.39. The Balaban J connectivity index is 2.02. The third-order valence-corrected chi connectivity index (χ3v) is 4.50. The van der Waals surface area contributed by atoms with Crippen LogP contribution in [0.25, 0.3) is 10.2 Å². The molecule has 6 nitrogen and oxygen atoms in total. The zero-order valence-electron chi connectivity index (χ0n) is 13.0. The molecule has 7 heteroatoms. The second-order valence-corrected chi connectivity index (χ2v) is 5.80. The number of amides is 1. The first-order chi connectivity index (χ1) is 11.1. The zero-order chi connectivity index (χ0) is 16.4. The van der Waals surface area contributed by atoms with Gasteiger partial charge in [-0.1, -0.05) is 0 Å². The lowest BCUT2D eigenvalue weighted by atomic mass is 10.1. The predicted molar refractivity (Wildman–Crippen MR) is 91.8 cm³/mol. The number of hydrogen-bond donors (Lipinski definition) is 2. The number of fused-ring (bicyclic) bond motifs is 1. The summed E-state index contributed by atoms with van der Waals surface area (Å²) in [6.45, 7) is 2.03. The Morgan fingerprint density at radius 2 is 2.13 bits per heavy atom. The smallest absolute Gasteiger partial charge is 0.251 e. The van der Waals surface area contributed by atoms with Crippen molar-refractivity contribution < 1.29 is 9.53 Å². The van der Waals surface area contributed by atoms with Gasteiger partial charge in [-0.15, -0.1) is 11.3 Å². The van der Waals surface area contributed by atoms with Gasteiger partial charge in [-0.05, 0) is 36.1 Å². The molecule has 1 amide bonds. The largest absolute Gasteiger partial charge is 0.495 e. The number of ether oxygens (including phenoxy) is 1. The Kier molecular flexibility index (Phi) is 4.12. The lowest BCUT2D eigenvalue weighted by Gasteiger charge is -2.12. The van der Waals surface area contributed by atoms with E-state index >= 15 is 0 Å². The van der Waals surface area contributed by atoms with Crippen molar-refractivity contribution in [3.63, 3.8) is 0 Å². The van der Waals surface area contributed by atoms with Crippen LogP contribution < -0.4 is 15.4 Å². The van der Waals surface area contributed by atoms with Crippen LogP contribution in [0.1, 0.15) is 15.9 Å². The highest BCUT2D eigenvalue weighted by Gasteiger charge is 2.13. The van der Waals surface area contributed by atoms with E-state index in [1.807, 2.05) is 6.92 Å². The van der Waals surface area contributed by atoms with Crippen LogP contribution >= 0.6 is 11.3 Å². The molecule has 0 aliphatic carbocycles. The number of aryl methyl sites for hydroxylation is 1. The summed E-state index contributed by atoms with van der Waals surface area (Å²) in [6, 6.07) is 5.24. The molecular formula is C16H16N4O2S. The molecule has 3 rings (SSSR count). The van der Waals surface area contributed by atoms with Crippen molar-refractivity contribution >= 4 is 39.0 Å². The van der Waals surface area contributed by atoms with Crippen molar-refractivity contribution in [1.29, 1.82) is 0 Å². The van der Waals surface area contributed by atoms with Gasteiger partial charge in [-0.2, -0.15) is 0 Å². The van der Waals surface area contributed by atoms with Gasteiger partial charge in [-0.25, -0.2) is 9.97 Å². The normalized spacial score (nSPS) is 10.6. The maximum absolute atomic E-state index is 11.7. The van der Waals surface area contributed by atoms with E-state index in [-0.39, 0.29) is 5.91 Å². The summed E-state index contributed by atoms with van der Waals surface area (Å²) in [5.74, 6) is 1.14. The lowest BCUT2D eigenvalue weighted by Crippen LogP contribution is -2.17. The number of carbonyl (C=O) groups is 1. The van der Waals surface area contributed by atoms with Gasteiger partial charge in [0.2, 0.25) is 0 Å². The predicted octanol–water partition coefficient (Wildman–Crippen LogP) is 3.11. The highest BCUT2D eigenvalue weighted by molar-refractivity contribution is 7.17. The van der Waals surface area contributed by atoms with Gasteiger partial charge in [-0.3, -0.25) is 4.79 Å². The van der Waals surface area contributed by atoms with E-state index in [4.69, 9.17) is 4.74 Å². The second kappa shape index (κ2) is 6.21. The molecule has 0 saturated heterocycles. The van der Waals surface area contributed by atoms with Gasteiger partial charge in [0, 0.05) is 12.6 Å². The lowest BCUT2D eigenvalue weighted by molar-refractivity contribution is 0.0963. The molecule has 0 atom stereocenters. The number of hydrogen-bond acceptors (Lipinski definition) is 6. The molecule has 0 unspecified atom stereocenters. The fraction of sp³-hybridized carbons (Fsp3) is 0.188. The van der Waals surface area contributed by atoms with Crippen molar-refractivity contribution in [1.82, 2.24) is 15.3 Å². The minimum absolute atomic E-state index is 0.159. The molecule has 0 aliphatic heterocycles. The average Bonchev–Trinajstić information content (AvgIpc) is 2.96. The highest BCUT2D eigenvalue weighted by atomic mass is 32.1. The molecule has 0 radical (unpaired) electrons. The number of benzene rings is 1. The summed E-state index contributed by atoms with van der Waals surface area (Å²) in [4.78, 5) is 21.3. The van der Waals surface area contributed by atoms with Crippen molar-refractivity contribution in [3.05, 3.63) is 41.0 Å². The Hall–Kier alpha value is -2.67. The fourth-order valence-electron chi connectivity index (χ4n) is 2.32. The highest BCUT2D eigenvalue weighted by Crippen LogP contribution is 2.33. The van der Waals surface area contributed by atoms with E-state index in [2.05, 4.69) is 26.0 Å². The van der Waals surface area contributed by atoms with Crippen LogP contribution in [0, 0.1) is 6.92 Å². The van der Waals surface area contributed by atoms with Crippen LogP contribution in [-0.4, -0.2) is 30.0 Å². The minimum Gasteiger partial charge on any atom is -0.495 e. The molecular weight excluding hydrogens is 312 g/mol. The maximum Gasteiger partial charge on any atom is 0.251 e. The Bertz CT molecular complexity index is 876. The summed E-state index contributed by atoms with van der Waals surface area (Å²) >= 11 is 1.58. The maximum atomic E-state index is 11.7. The molecule has 2 heterocycles. The number of nitrogens with zero attached hydrogens (tertiary/aromatic N) is 2. The number of methoxy groups -OCH3 is 1. The van der Waals surface area contributed by atoms with E-state index in [9.17, 15) is 4.79 Å². The van der Waals surface area contributed by atoms with Crippen LogP contribution in [0.4, 0.5) is 11.5 Å². The Morgan fingerprint density at radius 3 is 2.87 bits per heavy atom. The summed E-state index contributed by atoms with van der Waals surface area (Å²) in [5.41, 5.74) is 2.40. The molecule has 0 fully saturated rings. The quantitative estimate of drug-likeness (QED) is 0.769. The Morgan fingerprint density at radius 1 is 1.30 bits per heavy atom. The van der Waals surface area contributed by atoms with E-state index < -0.39 is 0 Å². The fourth-order valence-corrected chi connectivity index (χ4v) is 3.21. The number of anilines is 2. The minimum atomic E-state index is -0.159. The number of aromatic nitrogens is 2. The zero-order valence-corrected chi connectivity index (χ0v) is 13.8. The summed E-state index contributed by atoms with van der Waals surface area (Å²) in [7, 11) is 3.16. The monoisotopic (exact) mass is 328 g/mol. The van der Waals surface area contributed by atoms with Gasteiger partial charge in [0.25, 0.3) is 5.91 Å². The second-order valence-electron chi connectivity index (χ2n) is 4.94. The van der Waals surface area contributed by atoms with Gasteiger partial charge < -0.3 is 15.4 Å². The van der Waals surface area contributed by atoms with Crippen LogP contribution in [0.5, 0.6) is 5.75 Å². The molecule has 0 spiro atoms. The van der Waals surface area contributed by atoms with Crippen LogP contribution in [0.2, 0.25) is 0 Å². The topological polar surface area (TPSA) is 76.1 Å². The van der Waals surface area contributed by atoms with E-state index in [0.717, 1.165) is 27.3 Å². The number of thiophene rings is 1. The molecule has 0 aliphatic rings. The molecule has 2 aromatic heterocycles. The third kappa shape index (κ3) is 2.83. The summed E-state index contributed by atoms with van der Waals surface area (Å²) in [6.07, 6.45) is 1.53. The van der Waals surface area contributed by atoms with Crippen LogP contribution in [0.15, 0.2) is 29.9 Å². The first-order valence-corrected chi connectivity index (χ1v) is 7.88. The first-order valence-electron chi connectivity index (χ1n) is 7.00. The van der Waals surface area contributed by atoms with E-state index in [1.54, 1.807) is 43.7 Å². The van der Waals surface area contributed by atoms with Crippen LogP contribution in [-0.2, 0) is 0 Å². The van der Waals surface area contributed by atoms with Crippen molar-refractivity contribution in [2.45, 2.75) is 6.92 Å². The van der Waals surface area contributed by atoms with Crippen molar-refractivity contribution in [2.75, 3.05) is 19.5 Å². The first kappa shape index (κ1) is 15.2. The molecule has 0 bridgehead atoms. The molecule has 23 heavy (non-hydrogen) atoms. The van der Waals surface area contributed by atoms with Gasteiger partial charge >= 0.3 is 0 Å². The molecule has 2 N–H and O–H groups in total. The number of carbonyl (C=O) groups excluding carboxylic acids is 1. The summed E-state index contributed by atoms with van der Waals surface area (Å²) in [5, 5.41) is 8.92. The standard InChI is InChI=1S/C16H16N4O2S/c1-9-7-23-16-13(9)14(18-8-19-16)20-11-5-4-10(15(21)17-2)6-12(11)22-3/h4-8H,1-3H3,(H,17,21)(H,18,19,20).